The molecule has 0 aliphatic heterocycles. The Kier molecular flexibility index (Phi) is 12.4. The second-order valence-corrected chi connectivity index (χ2v) is 11.8. The number of carbonyl (C=O) groups is 1. The largest absolute Gasteiger partial charge is 0.508 e. The third-order valence-corrected chi connectivity index (χ3v) is 7.84. The van der Waals surface area contributed by atoms with Gasteiger partial charge in [0.2, 0.25) is 0 Å². The summed E-state index contributed by atoms with van der Waals surface area (Å²) in [5.41, 5.74) is 4.25. The van der Waals surface area contributed by atoms with Crippen LogP contribution in [0.2, 0.25) is 0 Å². The lowest BCUT2D eigenvalue weighted by Gasteiger charge is -2.26. The summed E-state index contributed by atoms with van der Waals surface area (Å²) in [6.07, 6.45) is 1.88. The Morgan fingerprint density at radius 2 is 0.956 bits per heavy atom. The number of carboxylic acid groups (broad SMARTS) is 1. The van der Waals surface area contributed by atoms with Gasteiger partial charge >= 0.3 is 5.97 Å². The van der Waals surface area contributed by atoms with Crippen LogP contribution in [0, 0.1) is 11.3 Å². The van der Waals surface area contributed by atoms with Crippen LogP contribution < -0.4 is 9.47 Å². The van der Waals surface area contributed by atoms with Crippen LogP contribution in [-0.2, 0) is 15.6 Å². The maximum Gasteiger partial charge on any atom is 0.303 e. The maximum absolute atomic E-state index is 10.5. The smallest absolute Gasteiger partial charge is 0.303 e. The molecule has 0 radical (unpaired) electrons. The number of nitrogens with zero attached hydrogens (tertiary/aromatic N) is 1. The van der Waals surface area contributed by atoms with Crippen molar-refractivity contribution >= 4 is 5.97 Å². The van der Waals surface area contributed by atoms with Gasteiger partial charge in [-0.25, -0.2) is 0 Å². The molecule has 0 aliphatic rings. The standard InChI is InChI=1S/C19H21NO2.C19H22O4/c1-19(2,15-5-9-17(21)10-6-15)16-7-11-18(12-8-16)22-14-4-3-13-20;1-19(2,14-5-9-16(20)10-6-14)15-7-11-17(12-8-15)23-13-3-4-18(21)22/h5-12,21H,3-4,14H2,1-2H3;5-12,20H,3-4,13H2,1-2H3,(H,21,22). The van der Waals surface area contributed by atoms with Gasteiger partial charge in [-0.2, -0.15) is 5.26 Å². The van der Waals surface area contributed by atoms with Crippen molar-refractivity contribution in [2.24, 2.45) is 0 Å². The lowest BCUT2D eigenvalue weighted by atomic mass is 9.78. The molecule has 4 rings (SSSR count). The van der Waals surface area contributed by atoms with Crippen molar-refractivity contribution < 1.29 is 29.6 Å². The van der Waals surface area contributed by atoms with E-state index in [1.54, 1.807) is 24.3 Å². The molecule has 0 saturated carbocycles. The van der Waals surface area contributed by atoms with Crippen LogP contribution in [0.4, 0.5) is 0 Å². The molecule has 0 saturated heterocycles. The third kappa shape index (κ3) is 10.3. The zero-order valence-electron chi connectivity index (χ0n) is 26.5. The van der Waals surface area contributed by atoms with Crippen molar-refractivity contribution in [2.75, 3.05) is 13.2 Å². The molecule has 0 spiro atoms. The van der Waals surface area contributed by atoms with E-state index in [0.717, 1.165) is 34.6 Å². The van der Waals surface area contributed by atoms with Gasteiger partial charge in [0.25, 0.3) is 0 Å². The number of hydrogen-bond acceptors (Lipinski definition) is 6. The van der Waals surface area contributed by atoms with Crippen LogP contribution in [0.3, 0.4) is 0 Å². The molecule has 0 bridgehead atoms. The highest BCUT2D eigenvalue weighted by Crippen LogP contribution is 2.34. The van der Waals surface area contributed by atoms with Crippen LogP contribution in [0.25, 0.3) is 0 Å². The lowest BCUT2D eigenvalue weighted by molar-refractivity contribution is -0.137. The van der Waals surface area contributed by atoms with Crippen molar-refractivity contribution in [3.63, 3.8) is 0 Å². The first-order valence-electron chi connectivity index (χ1n) is 15.1. The normalized spacial score (nSPS) is 11.1. The van der Waals surface area contributed by atoms with Crippen molar-refractivity contribution in [3.05, 3.63) is 119 Å². The molecule has 236 valence electrons. The molecule has 45 heavy (non-hydrogen) atoms. The van der Waals surface area contributed by atoms with E-state index in [1.165, 1.54) is 5.56 Å². The van der Waals surface area contributed by atoms with Gasteiger partial charge in [0.1, 0.15) is 23.0 Å². The number of benzene rings is 4. The molecule has 3 N–H and O–H groups in total. The van der Waals surface area contributed by atoms with Crippen LogP contribution >= 0.6 is 0 Å². The molecule has 0 heterocycles. The van der Waals surface area contributed by atoms with E-state index in [-0.39, 0.29) is 28.7 Å². The average Bonchev–Trinajstić information content (AvgIpc) is 3.02. The monoisotopic (exact) mass is 609 g/mol. The topological polar surface area (TPSA) is 120 Å². The van der Waals surface area contributed by atoms with Gasteiger partial charge in [0, 0.05) is 23.7 Å². The molecule has 0 aliphatic carbocycles. The van der Waals surface area contributed by atoms with E-state index in [2.05, 4.69) is 45.9 Å². The Morgan fingerprint density at radius 1 is 0.622 bits per heavy atom. The first-order valence-corrected chi connectivity index (χ1v) is 15.1. The number of phenolic OH excluding ortho intramolecular Hbond substituents is 2. The van der Waals surface area contributed by atoms with Crippen molar-refractivity contribution in [1.29, 1.82) is 5.26 Å². The van der Waals surface area contributed by atoms with E-state index in [9.17, 15) is 15.0 Å². The molecule has 0 unspecified atom stereocenters. The Hall–Kier alpha value is -4.96. The van der Waals surface area contributed by atoms with Crippen LogP contribution in [-0.4, -0.2) is 34.5 Å². The van der Waals surface area contributed by atoms with Crippen LogP contribution in [0.1, 0.15) is 75.6 Å². The summed E-state index contributed by atoms with van der Waals surface area (Å²) in [5, 5.41) is 35.9. The van der Waals surface area contributed by atoms with Gasteiger partial charge in [0.15, 0.2) is 0 Å². The summed E-state index contributed by atoms with van der Waals surface area (Å²) < 4.78 is 11.2. The second kappa shape index (κ2) is 16.2. The molecule has 4 aromatic carbocycles. The molecule has 7 nitrogen and oxygen atoms in total. The highest BCUT2D eigenvalue weighted by Gasteiger charge is 2.24. The van der Waals surface area contributed by atoms with Gasteiger partial charge in [-0.15, -0.1) is 0 Å². The SMILES string of the molecule is CC(C)(c1ccc(O)cc1)c1ccc(OCCCC#N)cc1.CC(C)(c1ccc(O)cc1)c1ccc(OCCCC(=O)O)cc1. The minimum atomic E-state index is -0.806. The molecule has 0 amide bonds. The highest BCUT2D eigenvalue weighted by atomic mass is 16.5. The van der Waals surface area contributed by atoms with Gasteiger partial charge < -0.3 is 24.8 Å². The molecule has 7 heteroatoms. The van der Waals surface area contributed by atoms with Gasteiger partial charge in [-0.3, -0.25) is 4.79 Å². The third-order valence-electron chi connectivity index (χ3n) is 7.84. The zero-order chi connectivity index (χ0) is 32.9. The van der Waals surface area contributed by atoms with E-state index < -0.39 is 5.97 Å². The average molecular weight is 610 g/mol. The fourth-order valence-electron chi connectivity index (χ4n) is 4.78. The minimum absolute atomic E-state index is 0.117. The lowest BCUT2D eigenvalue weighted by Crippen LogP contribution is -2.18. The quantitative estimate of drug-likeness (QED) is 0.130. The summed E-state index contributed by atoms with van der Waals surface area (Å²) in [4.78, 5) is 10.5. The number of phenols is 2. The second-order valence-electron chi connectivity index (χ2n) is 11.8. The van der Waals surface area contributed by atoms with Gasteiger partial charge in [-0.05, 0) is 83.6 Å². The fourth-order valence-corrected chi connectivity index (χ4v) is 4.78. The number of ether oxygens (including phenoxy) is 2. The predicted octanol–water partition coefficient (Wildman–Crippen LogP) is 8.36. The Bertz CT molecular complexity index is 1520. The first-order chi connectivity index (χ1) is 21.4. The van der Waals surface area contributed by atoms with E-state index in [4.69, 9.17) is 19.8 Å². The molecule has 4 aromatic rings. The maximum atomic E-state index is 10.5. The summed E-state index contributed by atoms with van der Waals surface area (Å²) in [7, 11) is 0. The van der Waals surface area contributed by atoms with Crippen molar-refractivity contribution in [2.45, 2.75) is 64.2 Å². The predicted molar refractivity (Wildman–Crippen MR) is 176 cm³/mol. The zero-order valence-corrected chi connectivity index (χ0v) is 26.5. The summed E-state index contributed by atoms with van der Waals surface area (Å²) in [6.45, 7) is 9.52. The molecular formula is C38H43NO6. The number of nitriles is 1. The minimum Gasteiger partial charge on any atom is -0.508 e. The number of aliphatic carboxylic acids is 1. The molecule has 0 fully saturated rings. The van der Waals surface area contributed by atoms with E-state index in [1.807, 2.05) is 60.7 Å². The van der Waals surface area contributed by atoms with Crippen LogP contribution in [0.5, 0.6) is 23.0 Å². The van der Waals surface area contributed by atoms with E-state index in [0.29, 0.717) is 26.1 Å². The summed E-state index contributed by atoms with van der Waals surface area (Å²) >= 11 is 0. The molecular weight excluding hydrogens is 566 g/mol. The first kappa shape index (κ1) is 34.5. The Morgan fingerprint density at radius 3 is 1.29 bits per heavy atom. The number of aromatic hydroxyl groups is 2. The number of unbranched alkanes of at least 4 members (excludes halogenated alkanes) is 1. The van der Waals surface area contributed by atoms with Gasteiger partial charge in [-0.1, -0.05) is 76.2 Å². The Balaban J connectivity index is 0.000000246. The summed E-state index contributed by atoms with van der Waals surface area (Å²) in [6, 6.07) is 32.5. The number of carboxylic acids is 1. The fraction of sp³-hybridized carbons (Fsp3) is 0.316. The van der Waals surface area contributed by atoms with Crippen LogP contribution in [0.15, 0.2) is 97.1 Å². The summed E-state index contributed by atoms with van der Waals surface area (Å²) in [5.74, 6) is 1.29. The number of rotatable bonds is 13. The highest BCUT2D eigenvalue weighted by molar-refractivity contribution is 5.66. The van der Waals surface area contributed by atoms with E-state index >= 15 is 0 Å². The van der Waals surface area contributed by atoms with Crippen molar-refractivity contribution in [1.82, 2.24) is 0 Å². The molecule has 0 atom stereocenters. The Labute approximate surface area is 266 Å². The number of hydrogen-bond donors (Lipinski definition) is 3. The van der Waals surface area contributed by atoms with Gasteiger partial charge in [0.05, 0.1) is 19.3 Å². The van der Waals surface area contributed by atoms with Crippen molar-refractivity contribution in [3.8, 4) is 29.1 Å². The molecule has 0 aromatic heterocycles.